The average molecular weight is 388 g/mol. The molecule has 1 heterocycles. The van der Waals surface area contributed by atoms with Gasteiger partial charge in [-0.1, -0.05) is 85.5 Å². The van der Waals surface area contributed by atoms with E-state index >= 15 is 0 Å². The maximum atomic E-state index is 3.88. The van der Waals surface area contributed by atoms with Crippen LogP contribution in [0.15, 0.2) is 91.5 Å². The van der Waals surface area contributed by atoms with Crippen molar-refractivity contribution in [1.29, 1.82) is 0 Å². The van der Waals surface area contributed by atoms with E-state index in [-0.39, 0.29) is 0 Å². The predicted octanol–water partition coefficient (Wildman–Crippen LogP) is 6.09. The molecule has 5 aromatic rings. The Balaban J connectivity index is 1.89. The lowest BCUT2D eigenvalue weighted by atomic mass is 10.0. The third kappa shape index (κ3) is 2.86. The van der Waals surface area contributed by atoms with Crippen LogP contribution in [0, 0.1) is 6.92 Å². The van der Waals surface area contributed by atoms with Gasteiger partial charge in [-0.2, -0.15) is 0 Å². The SMILES string of the molecule is C=C/C=c1/cccc/c1=C(/C)Cn1c2ccccc2c2c3ccccc3cc(C)c21. The van der Waals surface area contributed by atoms with Crippen molar-refractivity contribution >= 4 is 44.2 Å². The van der Waals surface area contributed by atoms with Gasteiger partial charge >= 0.3 is 0 Å². The van der Waals surface area contributed by atoms with Crippen molar-refractivity contribution in [3.63, 3.8) is 0 Å². The molecule has 0 N–H and O–H groups in total. The van der Waals surface area contributed by atoms with Crippen LogP contribution in [0.1, 0.15) is 12.5 Å². The molecule has 0 fully saturated rings. The molecule has 0 saturated carbocycles. The first-order valence-electron chi connectivity index (χ1n) is 10.5. The Kier molecular flexibility index (Phi) is 4.52. The number of para-hydroxylation sites is 1. The van der Waals surface area contributed by atoms with Crippen LogP contribution >= 0.6 is 0 Å². The second-order valence-electron chi connectivity index (χ2n) is 8.01. The monoisotopic (exact) mass is 387 g/mol. The molecule has 0 amide bonds. The van der Waals surface area contributed by atoms with Crippen LogP contribution in [0.2, 0.25) is 0 Å². The Morgan fingerprint density at radius 1 is 0.900 bits per heavy atom. The van der Waals surface area contributed by atoms with Gasteiger partial charge in [0.25, 0.3) is 0 Å². The van der Waals surface area contributed by atoms with E-state index in [1.807, 2.05) is 6.08 Å². The zero-order valence-electron chi connectivity index (χ0n) is 17.5. The molecule has 4 aromatic carbocycles. The Labute approximate surface area is 176 Å². The number of fused-ring (bicyclic) bond motifs is 5. The topological polar surface area (TPSA) is 4.93 Å². The summed E-state index contributed by atoms with van der Waals surface area (Å²) < 4.78 is 2.49. The maximum Gasteiger partial charge on any atom is 0.0530 e. The molecular weight excluding hydrogens is 362 g/mol. The number of benzene rings is 4. The number of aryl methyl sites for hydroxylation is 1. The van der Waals surface area contributed by atoms with Crippen LogP contribution in [0.5, 0.6) is 0 Å². The van der Waals surface area contributed by atoms with Crippen LogP contribution < -0.4 is 10.4 Å². The fraction of sp³-hybridized carbons (Fsp3) is 0.103. The number of rotatable bonds is 3. The quantitative estimate of drug-likeness (QED) is 0.353. The maximum absolute atomic E-state index is 3.88. The molecule has 146 valence electrons. The van der Waals surface area contributed by atoms with Gasteiger partial charge in [-0.3, -0.25) is 0 Å². The highest BCUT2D eigenvalue weighted by atomic mass is 15.0. The first kappa shape index (κ1) is 18.4. The normalized spacial score (nSPS) is 13.3. The van der Waals surface area contributed by atoms with Gasteiger partial charge in [0.2, 0.25) is 0 Å². The van der Waals surface area contributed by atoms with Crippen LogP contribution in [0.3, 0.4) is 0 Å². The summed E-state index contributed by atoms with van der Waals surface area (Å²) in [5, 5.41) is 7.81. The summed E-state index contributed by atoms with van der Waals surface area (Å²) in [5.74, 6) is 0. The molecule has 1 aromatic heterocycles. The van der Waals surface area contributed by atoms with E-state index in [1.165, 1.54) is 54.2 Å². The zero-order valence-corrected chi connectivity index (χ0v) is 17.5. The molecule has 1 heteroatoms. The van der Waals surface area contributed by atoms with E-state index in [0.717, 1.165) is 6.54 Å². The van der Waals surface area contributed by atoms with Crippen molar-refractivity contribution in [3.05, 3.63) is 108 Å². The predicted molar refractivity (Wildman–Crippen MR) is 131 cm³/mol. The van der Waals surface area contributed by atoms with Gasteiger partial charge in [0.15, 0.2) is 0 Å². The van der Waals surface area contributed by atoms with Crippen molar-refractivity contribution < 1.29 is 0 Å². The number of hydrogen-bond donors (Lipinski definition) is 0. The lowest BCUT2D eigenvalue weighted by molar-refractivity contribution is 0.900. The van der Waals surface area contributed by atoms with Crippen LogP contribution in [-0.2, 0) is 6.54 Å². The van der Waals surface area contributed by atoms with Gasteiger partial charge in [0, 0.05) is 22.8 Å². The average Bonchev–Trinajstić information content (AvgIpc) is 3.10. The van der Waals surface area contributed by atoms with E-state index in [1.54, 1.807) is 0 Å². The molecule has 0 unspecified atom stereocenters. The Bertz CT molecular complexity index is 1550. The summed E-state index contributed by atoms with van der Waals surface area (Å²) in [5.41, 5.74) is 5.29. The van der Waals surface area contributed by atoms with Crippen molar-refractivity contribution in [2.45, 2.75) is 20.4 Å². The third-order valence-corrected chi connectivity index (χ3v) is 6.06. The van der Waals surface area contributed by atoms with Gasteiger partial charge in [-0.15, -0.1) is 0 Å². The van der Waals surface area contributed by atoms with Gasteiger partial charge in [-0.25, -0.2) is 0 Å². The Hall–Kier alpha value is -3.58. The minimum Gasteiger partial charge on any atom is -0.336 e. The van der Waals surface area contributed by atoms with Crippen molar-refractivity contribution in [3.8, 4) is 0 Å². The molecule has 1 nitrogen and oxygen atoms in total. The lowest BCUT2D eigenvalue weighted by Gasteiger charge is -2.11. The van der Waals surface area contributed by atoms with E-state index in [4.69, 9.17) is 0 Å². The summed E-state index contributed by atoms with van der Waals surface area (Å²) in [6, 6.07) is 28.4. The molecule has 0 radical (unpaired) electrons. The van der Waals surface area contributed by atoms with Crippen LogP contribution in [0.4, 0.5) is 0 Å². The largest absolute Gasteiger partial charge is 0.336 e. The standard InChI is InChI=1S/C29H25N/c1-4-11-22-12-5-7-14-24(22)21(3)19-30-27-17-10-9-16-26(27)28-25-15-8-6-13-23(25)18-20(2)29(28)30/h4-18H,1,19H2,2-3H3/b22-11-,24-21+. The molecule has 0 aliphatic rings. The molecular formula is C29H25N. The number of nitrogens with zero attached hydrogens (tertiary/aromatic N) is 1. The Morgan fingerprint density at radius 2 is 1.60 bits per heavy atom. The number of aromatic nitrogens is 1. The highest BCUT2D eigenvalue weighted by Gasteiger charge is 2.15. The second-order valence-corrected chi connectivity index (χ2v) is 8.01. The van der Waals surface area contributed by atoms with E-state index < -0.39 is 0 Å². The minimum atomic E-state index is 0.852. The van der Waals surface area contributed by atoms with Crippen molar-refractivity contribution in [1.82, 2.24) is 4.57 Å². The summed E-state index contributed by atoms with van der Waals surface area (Å²) in [7, 11) is 0. The minimum absolute atomic E-state index is 0.852. The van der Waals surface area contributed by atoms with Crippen molar-refractivity contribution in [2.75, 3.05) is 0 Å². The first-order valence-corrected chi connectivity index (χ1v) is 10.5. The van der Waals surface area contributed by atoms with E-state index in [0.29, 0.717) is 0 Å². The summed E-state index contributed by atoms with van der Waals surface area (Å²) in [6.45, 7) is 9.21. The summed E-state index contributed by atoms with van der Waals surface area (Å²) in [6.07, 6.45) is 3.95. The highest BCUT2D eigenvalue weighted by molar-refractivity contribution is 6.21. The van der Waals surface area contributed by atoms with Gasteiger partial charge in [0.1, 0.15) is 0 Å². The van der Waals surface area contributed by atoms with Crippen LogP contribution in [-0.4, -0.2) is 4.57 Å². The van der Waals surface area contributed by atoms with Crippen LogP contribution in [0.25, 0.3) is 44.2 Å². The third-order valence-electron chi connectivity index (χ3n) is 6.06. The summed E-state index contributed by atoms with van der Waals surface area (Å²) in [4.78, 5) is 0. The fourth-order valence-electron chi connectivity index (χ4n) is 4.78. The lowest BCUT2D eigenvalue weighted by Crippen LogP contribution is -2.26. The number of allylic oxidation sites excluding steroid dienone is 1. The van der Waals surface area contributed by atoms with E-state index in [2.05, 4.69) is 110 Å². The summed E-state index contributed by atoms with van der Waals surface area (Å²) >= 11 is 0. The van der Waals surface area contributed by atoms with Gasteiger partial charge in [0.05, 0.1) is 5.52 Å². The molecule has 0 aliphatic carbocycles. The second kappa shape index (κ2) is 7.35. The van der Waals surface area contributed by atoms with Gasteiger partial charge in [-0.05, 0) is 58.3 Å². The van der Waals surface area contributed by atoms with E-state index in [9.17, 15) is 0 Å². The molecule has 0 saturated heterocycles. The zero-order chi connectivity index (χ0) is 20.7. The first-order chi connectivity index (χ1) is 14.7. The number of hydrogen-bond acceptors (Lipinski definition) is 0. The molecule has 30 heavy (non-hydrogen) atoms. The molecule has 0 atom stereocenters. The smallest absolute Gasteiger partial charge is 0.0530 e. The van der Waals surface area contributed by atoms with Gasteiger partial charge < -0.3 is 4.57 Å². The van der Waals surface area contributed by atoms with Crippen molar-refractivity contribution in [2.24, 2.45) is 0 Å². The molecule has 0 spiro atoms. The highest BCUT2D eigenvalue weighted by Crippen LogP contribution is 2.37. The fourth-order valence-corrected chi connectivity index (χ4v) is 4.78. The molecule has 5 rings (SSSR count). The Morgan fingerprint density at radius 3 is 2.43 bits per heavy atom. The molecule has 0 bridgehead atoms. The molecule has 0 aliphatic heterocycles.